The summed E-state index contributed by atoms with van der Waals surface area (Å²) in [6.45, 7) is 4.24. The standard InChI is InChI=1S/C18H23N5O2/c1-25-12-7-19-16-13-17(23-10-8-22(14-24)9-11-23)21-18(20-16)15-5-3-2-4-6-15/h2-6,13-14H,7-12H2,1H3,(H,19,20,21). The summed E-state index contributed by atoms with van der Waals surface area (Å²) in [5.74, 6) is 2.34. The first-order valence-corrected chi connectivity index (χ1v) is 8.42. The fourth-order valence-electron chi connectivity index (χ4n) is 2.74. The number of nitrogens with one attached hydrogen (secondary N) is 1. The Bertz CT molecular complexity index is 687. The van der Waals surface area contributed by atoms with Crippen LogP contribution in [0.4, 0.5) is 11.6 Å². The van der Waals surface area contributed by atoms with Crippen molar-refractivity contribution in [1.29, 1.82) is 0 Å². The van der Waals surface area contributed by atoms with Crippen molar-refractivity contribution < 1.29 is 9.53 Å². The van der Waals surface area contributed by atoms with Crippen LogP contribution in [0.5, 0.6) is 0 Å². The molecule has 0 saturated carbocycles. The summed E-state index contributed by atoms with van der Waals surface area (Å²) >= 11 is 0. The maximum atomic E-state index is 10.9. The molecular weight excluding hydrogens is 318 g/mol. The van der Waals surface area contributed by atoms with Crippen LogP contribution in [-0.2, 0) is 9.53 Å². The normalized spacial score (nSPS) is 14.4. The number of hydrogen-bond acceptors (Lipinski definition) is 6. The van der Waals surface area contributed by atoms with E-state index in [0.717, 1.165) is 36.7 Å². The summed E-state index contributed by atoms with van der Waals surface area (Å²) in [6, 6.07) is 11.9. The fraction of sp³-hybridized carbons (Fsp3) is 0.389. The molecule has 0 unspecified atom stereocenters. The van der Waals surface area contributed by atoms with Crippen molar-refractivity contribution in [2.24, 2.45) is 0 Å². The number of hydrogen-bond donors (Lipinski definition) is 1. The molecule has 3 rings (SSSR count). The van der Waals surface area contributed by atoms with Crippen molar-refractivity contribution in [2.75, 3.05) is 56.7 Å². The van der Waals surface area contributed by atoms with Crippen LogP contribution < -0.4 is 10.2 Å². The van der Waals surface area contributed by atoms with Gasteiger partial charge in [-0.3, -0.25) is 4.79 Å². The number of nitrogens with zero attached hydrogens (tertiary/aromatic N) is 4. The van der Waals surface area contributed by atoms with Gasteiger partial charge in [0.1, 0.15) is 11.6 Å². The Morgan fingerprint density at radius 2 is 1.92 bits per heavy atom. The van der Waals surface area contributed by atoms with E-state index in [1.807, 2.05) is 36.4 Å². The molecule has 1 N–H and O–H groups in total. The van der Waals surface area contributed by atoms with Crippen molar-refractivity contribution in [1.82, 2.24) is 14.9 Å². The summed E-state index contributed by atoms with van der Waals surface area (Å²) in [5, 5.41) is 3.29. The van der Waals surface area contributed by atoms with Gasteiger partial charge in [0.05, 0.1) is 6.61 Å². The van der Waals surface area contributed by atoms with Gasteiger partial charge in [0.2, 0.25) is 6.41 Å². The number of piperazine rings is 1. The summed E-state index contributed by atoms with van der Waals surface area (Å²) in [6.07, 6.45) is 0.907. The molecule has 0 atom stereocenters. The van der Waals surface area contributed by atoms with E-state index in [-0.39, 0.29) is 0 Å². The van der Waals surface area contributed by atoms with Crippen molar-refractivity contribution in [3.05, 3.63) is 36.4 Å². The van der Waals surface area contributed by atoms with Gasteiger partial charge in [0.15, 0.2) is 5.82 Å². The van der Waals surface area contributed by atoms with Gasteiger partial charge >= 0.3 is 0 Å². The summed E-state index contributed by atoms with van der Waals surface area (Å²) < 4.78 is 5.09. The van der Waals surface area contributed by atoms with Crippen LogP contribution >= 0.6 is 0 Å². The van der Waals surface area contributed by atoms with Crippen molar-refractivity contribution >= 4 is 18.0 Å². The molecule has 1 aliphatic heterocycles. The molecule has 132 valence electrons. The molecule has 1 aromatic carbocycles. The van der Waals surface area contributed by atoms with Gasteiger partial charge in [-0.1, -0.05) is 30.3 Å². The molecule has 1 fully saturated rings. The van der Waals surface area contributed by atoms with E-state index >= 15 is 0 Å². The van der Waals surface area contributed by atoms with Crippen LogP contribution in [0.2, 0.25) is 0 Å². The average Bonchev–Trinajstić information content (AvgIpc) is 2.69. The lowest BCUT2D eigenvalue weighted by Crippen LogP contribution is -2.46. The van der Waals surface area contributed by atoms with Gasteiger partial charge < -0.3 is 19.9 Å². The minimum atomic E-state index is 0.609. The SMILES string of the molecule is COCCNc1cc(N2CCN(C=O)CC2)nc(-c2ccccc2)n1. The first-order chi connectivity index (χ1) is 12.3. The average molecular weight is 341 g/mol. The van der Waals surface area contributed by atoms with Gasteiger partial charge in [-0.25, -0.2) is 9.97 Å². The van der Waals surface area contributed by atoms with Gasteiger partial charge in [0.25, 0.3) is 0 Å². The molecule has 7 heteroatoms. The number of rotatable bonds is 7. The molecule has 2 heterocycles. The molecule has 25 heavy (non-hydrogen) atoms. The number of aromatic nitrogens is 2. The highest BCUT2D eigenvalue weighted by Crippen LogP contribution is 2.23. The molecule has 0 bridgehead atoms. The van der Waals surface area contributed by atoms with Crippen LogP contribution in [0.15, 0.2) is 36.4 Å². The number of carbonyl (C=O) groups is 1. The maximum absolute atomic E-state index is 10.9. The molecular formula is C18H23N5O2. The summed E-state index contributed by atoms with van der Waals surface area (Å²) in [4.78, 5) is 24.3. The number of amides is 1. The van der Waals surface area contributed by atoms with E-state index in [4.69, 9.17) is 9.72 Å². The second-order valence-electron chi connectivity index (χ2n) is 5.85. The number of ether oxygens (including phenoxy) is 1. The second kappa shape index (κ2) is 8.43. The van der Waals surface area contributed by atoms with Crippen molar-refractivity contribution in [2.45, 2.75) is 0 Å². The molecule has 1 aliphatic rings. The zero-order valence-corrected chi connectivity index (χ0v) is 14.4. The fourth-order valence-corrected chi connectivity index (χ4v) is 2.74. The maximum Gasteiger partial charge on any atom is 0.209 e. The lowest BCUT2D eigenvalue weighted by atomic mass is 10.2. The highest BCUT2D eigenvalue weighted by molar-refractivity contribution is 5.62. The van der Waals surface area contributed by atoms with Crippen LogP contribution in [-0.4, -0.2) is 67.7 Å². The van der Waals surface area contributed by atoms with Crippen LogP contribution in [0.1, 0.15) is 0 Å². The number of methoxy groups -OCH3 is 1. The number of carbonyl (C=O) groups excluding carboxylic acids is 1. The van der Waals surface area contributed by atoms with Crippen LogP contribution in [0.25, 0.3) is 11.4 Å². The van der Waals surface area contributed by atoms with Gasteiger partial charge in [-0.2, -0.15) is 0 Å². The Kier molecular flexibility index (Phi) is 5.79. The minimum Gasteiger partial charge on any atom is -0.383 e. The number of benzene rings is 1. The smallest absolute Gasteiger partial charge is 0.209 e. The van der Waals surface area contributed by atoms with Crippen molar-refractivity contribution in [3.63, 3.8) is 0 Å². The topological polar surface area (TPSA) is 70.6 Å². The predicted octanol–water partition coefficient (Wildman–Crippen LogP) is 1.48. The predicted molar refractivity (Wildman–Crippen MR) is 97.7 cm³/mol. The molecule has 0 radical (unpaired) electrons. The lowest BCUT2D eigenvalue weighted by molar-refractivity contribution is -0.118. The van der Waals surface area contributed by atoms with E-state index in [0.29, 0.717) is 32.1 Å². The summed E-state index contributed by atoms with van der Waals surface area (Å²) in [5.41, 5.74) is 0.977. The molecule has 1 saturated heterocycles. The van der Waals surface area contributed by atoms with E-state index in [2.05, 4.69) is 15.2 Å². The minimum absolute atomic E-state index is 0.609. The zero-order chi connectivity index (χ0) is 17.5. The Balaban J connectivity index is 1.85. The van der Waals surface area contributed by atoms with Gasteiger partial charge in [-0.15, -0.1) is 0 Å². The molecule has 0 aliphatic carbocycles. The van der Waals surface area contributed by atoms with Gasteiger partial charge in [0, 0.05) is 51.5 Å². The largest absolute Gasteiger partial charge is 0.383 e. The highest BCUT2D eigenvalue weighted by Gasteiger charge is 2.18. The highest BCUT2D eigenvalue weighted by atomic mass is 16.5. The van der Waals surface area contributed by atoms with E-state index in [1.165, 1.54) is 0 Å². The Labute approximate surface area is 147 Å². The Morgan fingerprint density at radius 3 is 2.60 bits per heavy atom. The third kappa shape index (κ3) is 4.45. The van der Waals surface area contributed by atoms with E-state index in [1.54, 1.807) is 12.0 Å². The lowest BCUT2D eigenvalue weighted by Gasteiger charge is -2.33. The third-order valence-corrected chi connectivity index (χ3v) is 4.14. The Hall–Kier alpha value is -2.67. The van der Waals surface area contributed by atoms with Crippen LogP contribution in [0, 0.1) is 0 Å². The number of anilines is 2. The van der Waals surface area contributed by atoms with E-state index < -0.39 is 0 Å². The molecule has 2 aromatic rings. The second-order valence-corrected chi connectivity index (χ2v) is 5.85. The van der Waals surface area contributed by atoms with Crippen LogP contribution in [0.3, 0.4) is 0 Å². The first-order valence-electron chi connectivity index (χ1n) is 8.42. The Morgan fingerprint density at radius 1 is 1.16 bits per heavy atom. The molecule has 0 spiro atoms. The summed E-state index contributed by atoms with van der Waals surface area (Å²) in [7, 11) is 1.68. The van der Waals surface area contributed by atoms with Gasteiger partial charge in [-0.05, 0) is 0 Å². The molecule has 1 amide bonds. The van der Waals surface area contributed by atoms with Crippen molar-refractivity contribution in [3.8, 4) is 11.4 Å². The first kappa shape index (κ1) is 17.2. The third-order valence-electron chi connectivity index (χ3n) is 4.14. The quantitative estimate of drug-likeness (QED) is 0.608. The molecule has 7 nitrogen and oxygen atoms in total. The zero-order valence-electron chi connectivity index (χ0n) is 14.4. The monoisotopic (exact) mass is 341 g/mol. The molecule has 1 aromatic heterocycles. The van der Waals surface area contributed by atoms with E-state index in [9.17, 15) is 4.79 Å².